The van der Waals surface area contributed by atoms with Crippen molar-refractivity contribution in [3.8, 4) is 0 Å². The molecule has 3 atom stereocenters. The Hall–Kier alpha value is -0.220. The van der Waals surface area contributed by atoms with Crippen LogP contribution in [0.5, 0.6) is 0 Å². The Kier molecular flexibility index (Phi) is 4.74. The minimum atomic E-state index is -0.0714. The van der Waals surface area contributed by atoms with Crippen LogP contribution in [0.2, 0.25) is 0 Å². The third-order valence-corrected chi connectivity index (χ3v) is 5.12. The molecule has 98 valence electrons. The molecule has 0 spiro atoms. The van der Waals surface area contributed by atoms with E-state index >= 15 is 0 Å². The lowest BCUT2D eigenvalue weighted by molar-refractivity contribution is -0.144. The summed E-state index contributed by atoms with van der Waals surface area (Å²) in [5, 5.41) is 4.24. The van der Waals surface area contributed by atoms with Gasteiger partial charge in [-0.05, 0) is 37.9 Å². The quantitative estimate of drug-likeness (QED) is 0.766. The van der Waals surface area contributed by atoms with E-state index in [9.17, 15) is 4.79 Å². The molecule has 3 nitrogen and oxygen atoms in total. The van der Waals surface area contributed by atoms with Gasteiger partial charge in [0, 0.05) is 11.3 Å². The number of carbonyl (C=O) groups is 1. The lowest BCUT2D eigenvalue weighted by Crippen LogP contribution is -2.50. The maximum absolute atomic E-state index is 11.8. The van der Waals surface area contributed by atoms with Crippen LogP contribution >= 0.6 is 11.8 Å². The van der Waals surface area contributed by atoms with Gasteiger partial charge in [0.2, 0.25) is 0 Å². The van der Waals surface area contributed by atoms with Crippen molar-refractivity contribution in [1.82, 2.24) is 5.32 Å². The number of rotatable bonds is 5. The molecule has 2 saturated carbocycles. The molecule has 0 radical (unpaired) electrons. The molecule has 3 unspecified atom stereocenters. The standard InChI is InChI=1S/C13H23NO2S/c1-16-13(15)12(9-7-8-9)14-10-5-3-4-6-11(10)17-2/h9-12,14H,3-8H2,1-2H3. The Bertz CT molecular complexity index is 268. The number of hydrogen-bond acceptors (Lipinski definition) is 4. The summed E-state index contributed by atoms with van der Waals surface area (Å²) in [5.41, 5.74) is 0. The molecule has 0 aromatic heterocycles. The zero-order valence-corrected chi connectivity index (χ0v) is 11.6. The molecule has 0 bridgehead atoms. The summed E-state index contributed by atoms with van der Waals surface area (Å²) in [6, 6.07) is 0.432. The molecule has 0 amide bonds. The van der Waals surface area contributed by atoms with E-state index in [0.29, 0.717) is 17.2 Å². The molecule has 2 aliphatic carbocycles. The molecular formula is C13H23NO2S. The number of hydrogen-bond donors (Lipinski definition) is 1. The SMILES string of the molecule is COC(=O)C(NC1CCCCC1SC)C1CC1. The average molecular weight is 257 g/mol. The molecule has 0 heterocycles. The predicted octanol–water partition coefficient (Wildman–Crippen LogP) is 2.20. The number of ether oxygens (including phenoxy) is 1. The van der Waals surface area contributed by atoms with E-state index in [1.165, 1.54) is 45.6 Å². The Morgan fingerprint density at radius 1 is 1.29 bits per heavy atom. The zero-order valence-electron chi connectivity index (χ0n) is 10.8. The van der Waals surface area contributed by atoms with Crippen molar-refractivity contribution in [2.24, 2.45) is 5.92 Å². The summed E-state index contributed by atoms with van der Waals surface area (Å²) in [6.07, 6.45) is 9.61. The average Bonchev–Trinajstić information content (AvgIpc) is 3.19. The fourth-order valence-electron chi connectivity index (χ4n) is 2.75. The van der Waals surface area contributed by atoms with Gasteiger partial charge in [0.15, 0.2) is 0 Å². The van der Waals surface area contributed by atoms with Crippen LogP contribution in [0.3, 0.4) is 0 Å². The van der Waals surface area contributed by atoms with Crippen LogP contribution in [0.1, 0.15) is 38.5 Å². The van der Waals surface area contributed by atoms with Crippen molar-refractivity contribution in [3.05, 3.63) is 0 Å². The number of nitrogens with one attached hydrogen (secondary N) is 1. The van der Waals surface area contributed by atoms with Gasteiger partial charge in [0.1, 0.15) is 6.04 Å². The largest absolute Gasteiger partial charge is 0.468 e. The van der Waals surface area contributed by atoms with Crippen LogP contribution < -0.4 is 5.32 Å². The summed E-state index contributed by atoms with van der Waals surface area (Å²) in [5.74, 6) is 0.449. The maximum Gasteiger partial charge on any atom is 0.323 e. The van der Waals surface area contributed by atoms with E-state index in [4.69, 9.17) is 4.74 Å². The van der Waals surface area contributed by atoms with Gasteiger partial charge in [0.05, 0.1) is 7.11 Å². The third kappa shape index (κ3) is 3.38. The third-order valence-electron chi connectivity index (χ3n) is 3.95. The van der Waals surface area contributed by atoms with Crippen molar-refractivity contribution in [2.75, 3.05) is 13.4 Å². The smallest absolute Gasteiger partial charge is 0.323 e. The van der Waals surface area contributed by atoms with Crippen molar-refractivity contribution < 1.29 is 9.53 Å². The van der Waals surface area contributed by atoms with Gasteiger partial charge in [0.25, 0.3) is 0 Å². The molecule has 0 aliphatic heterocycles. The first-order valence-electron chi connectivity index (χ1n) is 6.63. The Morgan fingerprint density at radius 2 is 2.00 bits per heavy atom. The highest BCUT2D eigenvalue weighted by molar-refractivity contribution is 7.99. The van der Waals surface area contributed by atoms with Crippen molar-refractivity contribution in [2.45, 2.75) is 55.9 Å². The number of esters is 1. The highest BCUT2D eigenvalue weighted by atomic mass is 32.2. The normalized spacial score (nSPS) is 30.9. The molecule has 1 N–H and O–H groups in total. The highest BCUT2D eigenvalue weighted by Gasteiger charge is 2.39. The monoisotopic (exact) mass is 257 g/mol. The van der Waals surface area contributed by atoms with Gasteiger partial charge in [-0.25, -0.2) is 0 Å². The lowest BCUT2D eigenvalue weighted by atomic mass is 9.93. The predicted molar refractivity (Wildman–Crippen MR) is 71.2 cm³/mol. The second-order valence-corrected chi connectivity index (χ2v) is 6.25. The molecule has 0 saturated heterocycles. The summed E-state index contributed by atoms with van der Waals surface area (Å²) < 4.78 is 4.92. The Morgan fingerprint density at radius 3 is 2.59 bits per heavy atom. The highest BCUT2D eigenvalue weighted by Crippen LogP contribution is 2.35. The van der Waals surface area contributed by atoms with Crippen LogP contribution in [0.4, 0.5) is 0 Å². The van der Waals surface area contributed by atoms with Gasteiger partial charge in [-0.15, -0.1) is 0 Å². The van der Waals surface area contributed by atoms with E-state index in [0.717, 1.165) is 0 Å². The van der Waals surface area contributed by atoms with E-state index in [1.54, 1.807) is 0 Å². The maximum atomic E-state index is 11.8. The molecule has 2 aliphatic rings. The molecule has 4 heteroatoms. The van der Waals surface area contributed by atoms with Crippen LogP contribution in [0.15, 0.2) is 0 Å². The van der Waals surface area contributed by atoms with Crippen LogP contribution in [0.25, 0.3) is 0 Å². The van der Waals surface area contributed by atoms with E-state index < -0.39 is 0 Å². The summed E-state index contributed by atoms with van der Waals surface area (Å²) in [7, 11) is 1.49. The topological polar surface area (TPSA) is 38.3 Å². The van der Waals surface area contributed by atoms with E-state index in [1.807, 2.05) is 11.8 Å². The molecule has 17 heavy (non-hydrogen) atoms. The number of methoxy groups -OCH3 is 1. The minimum absolute atomic E-state index is 0.0576. The first-order valence-corrected chi connectivity index (χ1v) is 7.91. The van der Waals surface area contributed by atoms with Gasteiger partial charge in [-0.1, -0.05) is 12.8 Å². The number of carbonyl (C=O) groups excluding carboxylic acids is 1. The van der Waals surface area contributed by atoms with Crippen molar-refractivity contribution in [3.63, 3.8) is 0 Å². The van der Waals surface area contributed by atoms with Gasteiger partial charge in [-0.3, -0.25) is 4.79 Å². The fraction of sp³-hybridized carbons (Fsp3) is 0.923. The molecule has 0 aromatic carbocycles. The Labute approximate surface area is 108 Å². The fourth-order valence-corrected chi connectivity index (χ4v) is 3.70. The summed E-state index contributed by atoms with van der Waals surface area (Å²) in [4.78, 5) is 11.8. The minimum Gasteiger partial charge on any atom is -0.468 e. The van der Waals surface area contributed by atoms with Crippen LogP contribution in [-0.2, 0) is 9.53 Å². The first-order chi connectivity index (χ1) is 8.26. The Balaban J connectivity index is 1.93. The molecule has 2 rings (SSSR count). The second-order valence-electron chi connectivity index (χ2n) is 5.17. The summed E-state index contributed by atoms with van der Waals surface area (Å²) >= 11 is 1.93. The zero-order chi connectivity index (χ0) is 12.3. The van der Waals surface area contributed by atoms with Crippen molar-refractivity contribution in [1.29, 1.82) is 0 Å². The second kappa shape index (κ2) is 6.10. The van der Waals surface area contributed by atoms with Crippen molar-refractivity contribution >= 4 is 17.7 Å². The summed E-state index contributed by atoms with van der Waals surface area (Å²) in [6.45, 7) is 0. The van der Waals surface area contributed by atoms with Gasteiger partial charge < -0.3 is 10.1 Å². The number of thioether (sulfide) groups is 1. The lowest BCUT2D eigenvalue weighted by Gasteiger charge is -2.33. The molecular weight excluding hydrogens is 234 g/mol. The molecule has 2 fully saturated rings. The molecule has 0 aromatic rings. The van der Waals surface area contributed by atoms with Gasteiger partial charge >= 0.3 is 5.97 Å². The van der Waals surface area contributed by atoms with Crippen LogP contribution in [-0.4, -0.2) is 36.7 Å². The van der Waals surface area contributed by atoms with E-state index in [-0.39, 0.29) is 12.0 Å². The first kappa shape index (κ1) is 13.2. The van der Waals surface area contributed by atoms with Crippen LogP contribution in [0, 0.1) is 5.92 Å². The van der Waals surface area contributed by atoms with E-state index in [2.05, 4.69) is 11.6 Å². The van der Waals surface area contributed by atoms with Gasteiger partial charge in [-0.2, -0.15) is 11.8 Å².